The Labute approximate surface area is 98.5 Å². The van der Waals surface area contributed by atoms with E-state index < -0.39 is 0 Å². The zero-order valence-corrected chi connectivity index (χ0v) is 9.45. The molecule has 2 heterocycles. The molecule has 0 aliphatic carbocycles. The van der Waals surface area contributed by atoms with Crippen LogP contribution in [0.3, 0.4) is 0 Å². The molecule has 0 atom stereocenters. The largest absolute Gasteiger partial charge is 0.394 e. The molecule has 0 unspecified atom stereocenters. The lowest BCUT2D eigenvalue weighted by Crippen LogP contribution is -1.99. The Hall–Kier alpha value is -0.420. The molecule has 0 aromatic carbocycles. The monoisotopic (exact) mass is 270 g/mol. The third kappa shape index (κ3) is 1.30. The van der Waals surface area contributed by atoms with Crippen molar-refractivity contribution in [2.75, 3.05) is 5.73 Å². The molecule has 8 heteroatoms. The number of hydrogen-bond donors (Lipinski definition) is 1. The van der Waals surface area contributed by atoms with E-state index in [2.05, 4.69) is 10.1 Å². The Morgan fingerprint density at radius 2 is 1.71 bits per heavy atom. The maximum Gasteiger partial charge on any atom is 0.181 e. The normalized spacial score (nSPS) is 11.1. The van der Waals surface area contributed by atoms with Crippen LogP contribution >= 0.6 is 46.4 Å². The van der Waals surface area contributed by atoms with Gasteiger partial charge in [-0.1, -0.05) is 46.4 Å². The number of hydrogen-bond acceptors (Lipinski definition) is 3. The highest BCUT2D eigenvalue weighted by atomic mass is 35.5. The number of nitrogens with zero attached hydrogens (tertiary/aromatic N) is 3. The minimum Gasteiger partial charge on any atom is -0.394 e. The van der Waals surface area contributed by atoms with Gasteiger partial charge in [-0.3, -0.25) is 0 Å². The van der Waals surface area contributed by atoms with Crippen molar-refractivity contribution < 1.29 is 0 Å². The average molecular weight is 272 g/mol. The third-order valence-electron chi connectivity index (χ3n) is 1.61. The molecular weight excluding hydrogens is 270 g/mol. The van der Waals surface area contributed by atoms with Gasteiger partial charge in [0.15, 0.2) is 21.1 Å². The second kappa shape index (κ2) is 3.31. The van der Waals surface area contributed by atoms with Gasteiger partial charge < -0.3 is 5.73 Å². The molecule has 0 amide bonds. The van der Waals surface area contributed by atoms with E-state index in [1.165, 1.54) is 4.52 Å². The zero-order chi connectivity index (χ0) is 10.5. The van der Waals surface area contributed by atoms with Crippen LogP contribution in [0.4, 0.5) is 5.69 Å². The van der Waals surface area contributed by atoms with Crippen LogP contribution in [0.25, 0.3) is 5.65 Å². The smallest absolute Gasteiger partial charge is 0.181 e. The van der Waals surface area contributed by atoms with Gasteiger partial charge >= 0.3 is 0 Å². The highest BCUT2D eigenvalue weighted by Gasteiger charge is 2.16. The maximum atomic E-state index is 5.79. The fraction of sp³-hybridized carbons (Fsp3) is 0. The molecular formula is C6H2Cl4N4. The molecule has 4 nitrogen and oxygen atoms in total. The van der Waals surface area contributed by atoms with Crippen molar-refractivity contribution in [1.82, 2.24) is 14.6 Å². The Balaban J connectivity index is 2.98. The topological polar surface area (TPSA) is 56.2 Å². The standard InChI is InChI=1S/C6H2Cl4N4/c7-1-2(11)6-12-4(9)5(10)14(6)13-3(1)8/h11H2. The fourth-order valence-corrected chi connectivity index (χ4v) is 1.59. The Kier molecular flexibility index (Phi) is 2.39. The van der Waals surface area contributed by atoms with Crippen LogP contribution in [0.2, 0.25) is 20.5 Å². The number of imidazole rings is 1. The highest BCUT2D eigenvalue weighted by molar-refractivity contribution is 6.44. The van der Waals surface area contributed by atoms with Crippen LogP contribution in [0.1, 0.15) is 0 Å². The van der Waals surface area contributed by atoms with Crippen molar-refractivity contribution in [2.24, 2.45) is 0 Å². The van der Waals surface area contributed by atoms with Crippen molar-refractivity contribution in [2.45, 2.75) is 0 Å². The molecule has 0 radical (unpaired) electrons. The first-order valence-corrected chi connectivity index (χ1v) is 4.87. The molecule has 0 aliphatic rings. The lowest BCUT2D eigenvalue weighted by atomic mass is 10.5. The molecule has 0 aliphatic heterocycles. The summed E-state index contributed by atoms with van der Waals surface area (Å²) in [4.78, 5) is 3.88. The van der Waals surface area contributed by atoms with E-state index in [0.717, 1.165) is 0 Å². The van der Waals surface area contributed by atoms with Crippen LogP contribution in [-0.4, -0.2) is 14.6 Å². The van der Waals surface area contributed by atoms with Gasteiger partial charge in [-0.05, 0) is 0 Å². The van der Waals surface area contributed by atoms with Crippen LogP contribution < -0.4 is 5.73 Å². The minimum atomic E-state index is 0.0487. The highest BCUT2D eigenvalue weighted by Crippen LogP contribution is 2.32. The van der Waals surface area contributed by atoms with Gasteiger partial charge in [0.25, 0.3) is 0 Å². The Morgan fingerprint density at radius 1 is 1.07 bits per heavy atom. The summed E-state index contributed by atoms with van der Waals surface area (Å²) < 4.78 is 1.23. The van der Waals surface area contributed by atoms with Gasteiger partial charge in [0.2, 0.25) is 0 Å². The molecule has 0 spiro atoms. The Bertz CT molecular complexity index is 520. The van der Waals surface area contributed by atoms with E-state index in [0.29, 0.717) is 0 Å². The number of aromatic nitrogens is 3. The van der Waals surface area contributed by atoms with Gasteiger partial charge in [-0.25, -0.2) is 4.98 Å². The van der Waals surface area contributed by atoms with Crippen molar-refractivity contribution in [1.29, 1.82) is 0 Å². The first-order chi connectivity index (χ1) is 6.52. The minimum absolute atomic E-state index is 0.0487. The molecule has 74 valence electrons. The van der Waals surface area contributed by atoms with Gasteiger partial charge in [0, 0.05) is 0 Å². The summed E-state index contributed by atoms with van der Waals surface area (Å²) in [6, 6.07) is 0. The van der Waals surface area contributed by atoms with Gasteiger partial charge in [-0.2, -0.15) is 9.61 Å². The third-order valence-corrected chi connectivity index (χ3v) is 3.05. The second-order valence-corrected chi connectivity index (χ2v) is 3.90. The molecule has 2 N–H and O–H groups in total. The summed E-state index contributed by atoms with van der Waals surface area (Å²) in [6.07, 6.45) is 0. The fourth-order valence-electron chi connectivity index (χ4n) is 0.973. The van der Waals surface area contributed by atoms with Crippen LogP contribution in [0, 0.1) is 0 Å². The number of halogens is 4. The van der Waals surface area contributed by atoms with E-state index in [9.17, 15) is 0 Å². The summed E-state index contributed by atoms with van der Waals surface area (Å²) in [5.74, 6) is 0. The predicted molar refractivity (Wildman–Crippen MR) is 57.4 cm³/mol. The van der Waals surface area contributed by atoms with Crippen LogP contribution in [-0.2, 0) is 0 Å². The van der Waals surface area contributed by atoms with Crippen molar-refractivity contribution >= 4 is 57.7 Å². The summed E-state index contributed by atoms with van der Waals surface area (Å²) in [6.45, 7) is 0. The first kappa shape index (κ1) is 10.1. The van der Waals surface area contributed by atoms with Crippen LogP contribution in [0.15, 0.2) is 0 Å². The van der Waals surface area contributed by atoms with E-state index in [-0.39, 0.29) is 31.8 Å². The summed E-state index contributed by atoms with van der Waals surface area (Å²) in [5, 5.41) is 4.28. The molecule has 2 aromatic rings. The number of fused-ring (bicyclic) bond motifs is 1. The van der Waals surface area contributed by atoms with E-state index >= 15 is 0 Å². The molecule has 2 rings (SSSR count). The molecule has 0 saturated carbocycles. The molecule has 0 saturated heterocycles. The SMILES string of the molecule is Nc1c(Cl)c(Cl)nn2c(Cl)c(Cl)nc12. The van der Waals surface area contributed by atoms with E-state index in [1.54, 1.807) is 0 Å². The van der Waals surface area contributed by atoms with Crippen molar-refractivity contribution in [3.05, 3.63) is 20.5 Å². The summed E-state index contributed by atoms with van der Waals surface area (Å²) in [7, 11) is 0. The molecule has 0 fully saturated rings. The zero-order valence-electron chi connectivity index (χ0n) is 6.43. The molecule has 2 aromatic heterocycles. The summed E-state index contributed by atoms with van der Waals surface area (Å²) in [5.41, 5.74) is 6.13. The number of nitrogen functional groups attached to an aromatic ring is 1. The first-order valence-electron chi connectivity index (χ1n) is 3.36. The lowest BCUT2D eigenvalue weighted by molar-refractivity contribution is 0.939. The van der Waals surface area contributed by atoms with Crippen molar-refractivity contribution in [3.63, 3.8) is 0 Å². The van der Waals surface area contributed by atoms with Gasteiger partial charge in [-0.15, -0.1) is 0 Å². The maximum absolute atomic E-state index is 5.79. The summed E-state index contributed by atoms with van der Waals surface area (Å²) >= 11 is 22.9. The Morgan fingerprint density at radius 3 is 2.36 bits per heavy atom. The number of rotatable bonds is 0. The number of nitrogens with two attached hydrogens (primary N) is 1. The van der Waals surface area contributed by atoms with Crippen LogP contribution in [0.5, 0.6) is 0 Å². The van der Waals surface area contributed by atoms with Gasteiger partial charge in [0.05, 0.1) is 5.69 Å². The second-order valence-electron chi connectivity index (χ2n) is 2.45. The molecule has 0 bridgehead atoms. The lowest BCUT2D eigenvalue weighted by Gasteiger charge is -2.01. The van der Waals surface area contributed by atoms with Crippen molar-refractivity contribution in [3.8, 4) is 0 Å². The predicted octanol–water partition coefficient (Wildman–Crippen LogP) is 2.93. The number of anilines is 1. The van der Waals surface area contributed by atoms with E-state index in [1.807, 2.05) is 0 Å². The average Bonchev–Trinajstić information content (AvgIpc) is 2.42. The quantitative estimate of drug-likeness (QED) is 0.802. The van der Waals surface area contributed by atoms with E-state index in [4.69, 9.17) is 52.1 Å². The van der Waals surface area contributed by atoms with Gasteiger partial charge in [0.1, 0.15) is 5.02 Å². The molecule has 14 heavy (non-hydrogen) atoms.